The lowest BCUT2D eigenvalue weighted by Gasteiger charge is -2.19. The van der Waals surface area contributed by atoms with E-state index in [1.54, 1.807) is 6.20 Å². The molecule has 0 saturated carbocycles. The SMILES string of the molecule is CC(C)c1ccnc(C(C)C)c1NC(=O)c1ncc(F)cc1C(N)=O. The monoisotopic (exact) mass is 344 g/mol. The van der Waals surface area contributed by atoms with Crippen molar-refractivity contribution in [2.45, 2.75) is 39.5 Å². The highest BCUT2D eigenvalue weighted by molar-refractivity contribution is 6.10. The van der Waals surface area contributed by atoms with Gasteiger partial charge < -0.3 is 11.1 Å². The first-order valence-corrected chi connectivity index (χ1v) is 7.97. The van der Waals surface area contributed by atoms with Gasteiger partial charge in [0.15, 0.2) is 0 Å². The largest absolute Gasteiger partial charge is 0.366 e. The van der Waals surface area contributed by atoms with E-state index in [-0.39, 0.29) is 23.1 Å². The van der Waals surface area contributed by atoms with Gasteiger partial charge in [-0.25, -0.2) is 9.37 Å². The fourth-order valence-corrected chi connectivity index (χ4v) is 2.53. The number of nitrogens with one attached hydrogen (secondary N) is 1. The van der Waals surface area contributed by atoms with Gasteiger partial charge in [-0.2, -0.15) is 0 Å². The molecule has 2 heterocycles. The minimum atomic E-state index is -0.920. The zero-order chi connectivity index (χ0) is 18.7. The summed E-state index contributed by atoms with van der Waals surface area (Å²) in [5, 5.41) is 2.78. The molecule has 0 aliphatic rings. The fraction of sp³-hybridized carbons (Fsp3) is 0.333. The van der Waals surface area contributed by atoms with Crippen LogP contribution >= 0.6 is 0 Å². The summed E-state index contributed by atoms with van der Waals surface area (Å²) in [6.07, 6.45) is 2.57. The highest BCUT2D eigenvalue weighted by Crippen LogP contribution is 2.31. The number of carbonyl (C=O) groups excluding carboxylic acids is 2. The van der Waals surface area contributed by atoms with E-state index in [1.807, 2.05) is 33.8 Å². The van der Waals surface area contributed by atoms with Crippen molar-refractivity contribution in [3.63, 3.8) is 0 Å². The molecule has 132 valence electrons. The van der Waals surface area contributed by atoms with Gasteiger partial charge in [0.05, 0.1) is 23.1 Å². The van der Waals surface area contributed by atoms with Crippen molar-refractivity contribution in [3.05, 3.63) is 52.9 Å². The van der Waals surface area contributed by atoms with Crippen LogP contribution in [0.1, 0.15) is 71.6 Å². The zero-order valence-electron chi connectivity index (χ0n) is 14.6. The zero-order valence-corrected chi connectivity index (χ0v) is 14.6. The van der Waals surface area contributed by atoms with Gasteiger partial charge in [0.2, 0.25) is 0 Å². The molecular formula is C18H21FN4O2. The van der Waals surface area contributed by atoms with Gasteiger partial charge in [-0.15, -0.1) is 0 Å². The van der Waals surface area contributed by atoms with E-state index in [0.717, 1.165) is 23.5 Å². The molecule has 7 heteroatoms. The average Bonchev–Trinajstić information content (AvgIpc) is 2.54. The van der Waals surface area contributed by atoms with Crippen LogP contribution in [0.4, 0.5) is 10.1 Å². The summed E-state index contributed by atoms with van der Waals surface area (Å²) in [4.78, 5) is 32.3. The van der Waals surface area contributed by atoms with Gasteiger partial charge >= 0.3 is 0 Å². The number of amides is 2. The fourth-order valence-electron chi connectivity index (χ4n) is 2.53. The first-order valence-electron chi connectivity index (χ1n) is 7.97. The smallest absolute Gasteiger partial charge is 0.275 e. The molecule has 0 spiro atoms. The Bertz CT molecular complexity index is 792. The Balaban J connectivity index is 2.50. The quantitative estimate of drug-likeness (QED) is 0.870. The Labute approximate surface area is 145 Å². The predicted octanol–water partition coefficient (Wildman–Crippen LogP) is 3.21. The molecule has 6 nitrogen and oxygen atoms in total. The van der Waals surface area contributed by atoms with Gasteiger partial charge in [-0.1, -0.05) is 27.7 Å². The maximum absolute atomic E-state index is 13.3. The van der Waals surface area contributed by atoms with Crippen LogP contribution in [0.2, 0.25) is 0 Å². The number of hydrogen-bond acceptors (Lipinski definition) is 4. The van der Waals surface area contributed by atoms with Crippen molar-refractivity contribution < 1.29 is 14.0 Å². The first kappa shape index (κ1) is 18.5. The summed E-state index contributed by atoms with van der Waals surface area (Å²) >= 11 is 0. The van der Waals surface area contributed by atoms with Crippen molar-refractivity contribution in [1.29, 1.82) is 0 Å². The number of primary amides is 1. The Morgan fingerprint density at radius 3 is 2.40 bits per heavy atom. The number of nitrogens with two attached hydrogens (primary N) is 1. The number of nitrogens with zero attached hydrogens (tertiary/aromatic N) is 2. The van der Waals surface area contributed by atoms with Gasteiger partial charge in [0, 0.05) is 6.20 Å². The van der Waals surface area contributed by atoms with E-state index in [2.05, 4.69) is 15.3 Å². The van der Waals surface area contributed by atoms with Crippen molar-refractivity contribution >= 4 is 17.5 Å². The molecule has 0 aromatic carbocycles. The molecule has 0 bridgehead atoms. The van der Waals surface area contributed by atoms with E-state index in [4.69, 9.17) is 5.73 Å². The highest BCUT2D eigenvalue weighted by Gasteiger charge is 2.22. The molecule has 2 aromatic rings. The Morgan fingerprint density at radius 1 is 1.16 bits per heavy atom. The van der Waals surface area contributed by atoms with Crippen molar-refractivity contribution in [2.24, 2.45) is 5.73 Å². The average molecular weight is 344 g/mol. The Morgan fingerprint density at radius 2 is 1.84 bits per heavy atom. The van der Waals surface area contributed by atoms with E-state index >= 15 is 0 Å². The number of rotatable bonds is 5. The molecule has 2 amide bonds. The molecule has 0 saturated heterocycles. The number of carbonyl (C=O) groups is 2. The molecule has 0 atom stereocenters. The van der Waals surface area contributed by atoms with E-state index < -0.39 is 17.6 Å². The van der Waals surface area contributed by atoms with Gasteiger partial charge in [0.25, 0.3) is 11.8 Å². The maximum Gasteiger partial charge on any atom is 0.275 e. The molecule has 0 aliphatic heterocycles. The summed E-state index contributed by atoms with van der Waals surface area (Å²) in [5.74, 6) is -2.07. The predicted molar refractivity (Wildman–Crippen MR) is 93.1 cm³/mol. The minimum absolute atomic E-state index is 0.0748. The minimum Gasteiger partial charge on any atom is -0.366 e. The molecule has 0 fully saturated rings. The number of pyridine rings is 2. The summed E-state index contributed by atoms with van der Waals surface area (Å²) in [7, 11) is 0. The summed E-state index contributed by atoms with van der Waals surface area (Å²) < 4.78 is 13.3. The molecule has 0 radical (unpaired) electrons. The van der Waals surface area contributed by atoms with Gasteiger partial charge in [-0.05, 0) is 29.5 Å². The van der Waals surface area contributed by atoms with Crippen LogP contribution in [0.3, 0.4) is 0 Å². The van der Waals surface area contributed by atoms with Gasteiger partial charge in [-0.3, -0.25) is 14.6 Å². The lowest BCUT2D eigenvalue weighted by Crippen LogP contribution is -2.23. The second-order valence-corrected chi connectivity index (χ2v) is 6.34. The second kappa shape index (κ2) is 7.38. The molecule has 0 aliphatic carbocycles. The van der Waals surface area contributed by atoms with E-state index in [9.17, 15) is 14.0 Å². The van der Waals surface area contributed by atoms with Crippen LogP contribution in [0, 0.1) is 5.82 Å². The molecule has 2 aromatic heterocycles. The second-order valence-electron chi connectivity index (χ2n) is 6.34. The van der Waals surface area contributed by atoms with Crippen molar-refractivity contribution in [2.75, 3.05) is 5.32 Å². The van der Waals surface area contributed by atoms with Crippen LogP contribution < -0.4 is 11.1 Å². The van der Waals surface area contributed by atoms with E-state index in [0.29, 0.717) is 5.69 Å². The summed E-state index contributed by atoms with van der Waals surface area (Å²) in [6.45, 7) is 7.93. The standard InChI is InChI=1S/C18H21FN4O2/c1-9(2)12-5-6-21-14(10(3)4)15(12)23-18(25)16-13(17(20)24)7-11(19)8-22-16/h5-10H,1-4H3,(H2,20,24)(H,23,25). The maximum atomic E-state index is 13.3. The number of anilines is 1. The molecule has 25 heavy (non-hydrogen) atoms. The normalized spacial score (nSPS) is 11.0. The third-order valence-corrected chi connectivity index (χ3v) is 3.75. The van der Waals surface area contributed by atoms with Crippen LogP contribution in [0.25, 0.3) is 0 Å². The Hall–Kier alpha value is -2.83. The third kappa shape index (κ3) is 3.99. The molecule has 3 N–H and O–H groups in total. The topological polar surface area (TPSA) is 98.0 Å². The highest BCUT2D eigenvalue weighted by atomic mass is 19.1. The lowest BCUT2D eigenvalue weighted by molar-refractivity contribution is 0.0973. The molecule has 2 rings (SSSR count). The van der Waals surface area contributed by atoms with Crippen molar-refractivity contribution in [1.82, 2.24) is 9.97 Å². The van der Waals surface area contributed by atoms with E-state index in [1.165, 1.54) is 0 Å². The van der Waals surface area contributed by atoms with Crippen LogP contribution in [-0.2, 0) is 0 Å². The van der Waals surface area contributed by atoms with Crippen molar-refractivity contribution in [3.8, 4) is 0 Å². The lowest BCUT2D eigenvalue weighted by atomic mass is 9.97. The van der Waals surface area contributed by atoms with Gasteiger partial charge in [0.1, 0.15) is 11.5 Å². The summed E-state index contributed by atoms with van der Waals surface area (Å²) in [6, 6.07) is 2.74. The number of aromatic nitrogens is 2. The molecular weight excluding hydrogens is 323 g/mol. The van der Waals surface area contributed by atoms with Crippen LogP contribution in [0.5, 0.6) is 0 Å². The van der Waals surface area contributed by atoms with Crippen LogP contribution in [0.15, 0.2) is 24.5 Å². The molecule has 0 unspecified atom stereocenters. The summed E-state index contributed by atoms with van der Waals surface area (Å²) in [5.41, 5.74) is 6.97. The third-order valence-electron chi connectivity index (χ3n) is 3.75. The number of hydrogen-bond donors (Lipinski definition) is 2. The first-order chi connectivity index (χ1) is 11.7. The number of halogens is 1. The van der Waals surface area contributed by atoms with Crippen LogP contribution in [-0.4, -0.2) is 21.8 Å². The Kier molecular flexibility index (Phi) is 5.46.